The van der Waals surface area contributed by atoms with Crippen LogP contribution in [0.1, 0.15) is 17.0 Å². The number of rotatable bonds is 3. The van der Waals surface area contributed by atoms with Gasteiger partial charge in [0.2, 0.25) is 0 Å². The molecule has 0 aliphatic heterocycles. The summed E-state index contributed by atoms with van der Waals surface area (Å²) in [6, 6.07) is 17.6. The van der Waals surface area contributed by atoms with E-state index in [4.69, 9.17) is 34.8 Å². The molecule has 0 saturated carbocycles. The molecule has 3 heteroatoms. The highest BCUT2D eigenvalue weighted by atomic mass is 35.5. The van der Waals surface area contributed by atoms with Crippen molar-refractivity contribution in [3.8, 4) is 0 Å². The van der Waals surface area contributed by atoms with Crippen molar-refractivity contribution in [2.24, 2.45) is 0 Å². The lowest BCUT2D eigenvalue weighted by atomic mass is 9.93. The molecule has 0 amide bonds. The summed E-state index contributed by atoms with van der Waals surface area (Å²) in [6.07, 6.45) is 0. The fraction of sp³-hybridized carbons (Fsp3) is 0.143. The summed E-state index contributed by atoms with van der Waals surface area (Å²) in [5, 5.41) is 0.709. The third kappa shape index (κ3) is 3.16. The van der Waals surface area contributed by atoms with E-state index in [1.807, 2.05) is 54.6 Å². The zero-order valence-corrected chi connectivity index (χ0v) is 11.3. The Bertz CT molecular complexity index is 463. The van der Waals surface area contributed by atoms with Crippen LogP contribution in [0.3, 0.4) is 0 Å². The molecule has 0 aliphatic rings. The Morgan fingerprint density at radius 1 is 0.706 bits per heavy atom. The molecule has 1 atom stereocenters. The molecule has 0 aliphatic carbocycles. The van der Waals surface area contributed by atoms with Gasteiger partial charge in [-0.3, -0.25) is 0 Å². The van der Waals surface area contributed by atoms with Crippen molar-refractivity contribution in [3.63, 3.8) is 0 Å². The van der Waals surface area contributed by atoms with Crippen molar-refractivity contribution in [1.82, 2.24) is 0 Å². The van der Waals surface area contributed by atoms with Gasteiger partial charge in [-0.2, -0.15) is 0 Å². The Morgan fingerprint density at radius 3 is 1.76 bits per heavy atom. The van der Waals surface area contributed by atoms with Crippen molar-refractivity contribution in [2.75, 3.05) is 0 Å². The second-order valence-electron chi connectivity index (χ2n) is 3.77. The van der Waals surface area contributed by atoms with Crippen LogP contribution >= 0.6 is 34.8 Å². The van der Waals surface area contributed by atoms with Gasteiger partial charge in [-0.05, 0) is 23.3 Å². The van der Waals surface area contributed by atoms with E-state index in [2.05, 4.69) is 0 Å². The SMILES string of the molecule is Clc1ccc([C@@H](c2ccccc2)C(Cl)Cl)cc1. The lowest BCUT2D eigenvalue weighted by Gasteiger charge is -2.19. The Morgan fingerprint density at radius 2 is 1.24 bits per heavy atom. The van der Waals surface area contributed by atoms with Crippen LogP contribution in [0.2, 0.25) is 5.02 Å². The summed E-state index contributed by atoms with van der Waals surface area (Å²) in [6.45, 7) is 0. The molecule has 88 valence electrons. The zero-order valence-electron chi connectivity index (χ0n) is 8.98. The second kappa shape index (κ2) is 5.77. The number of hydrogen-bond donors (Lipinski definition) is 0. The van der Waals surface area contributed by atoms with Gasteiger partial charge in [-0.25, -0.2) is 0 Å². The number of alkyl halides is 2. The quantitative estimate of drug-likeness (QED) is 0.673. The molecule has 2 rings (SSSR count). The van der Waals surface area contributed by atoms with Crippen LogP contribution in [0, 0.1) is 0 Å². The van der Waals surface area contributed by atoms with Crippen LogP contribution in [0.15, 0.2) is 54.6 Å². The van der Waals surface area contributed by atoms with E-state index in [0.717, 1.165) is 11.1 Å². The lowest BCUT2D eigenvalue weighted by molar-refractivity contribution is 0.887. The largest absolute Gasteiger partial charge is 0.118 e. The standard InChI is InChI=1S/C14H11Cl3/c15-12-8-6-11(7-9-12)13(14(16)17)10-4-2-1-3-5-10/h1-9,13-14H/t13-/m1/s1. The highest BCUT2D eigenvalue weighted by Crippen LogP contribution is 2.33. The minimum atomic E-state index is -0.487. The Labute approximate surface area is 116 Å². The van der Waals surface area contributed by atoms with Crippen molar-refractivity contribution >= 4 is 34.8 Å². The summed E-state index contributed by atoms with van der Waals surface area (Å²) < 4.78 is 0. The zero-order chi connectivity index (χ0) is 12.3. The third-order valence-corrected chi connectivity index (χ3v) is 3.40. The maximum absolute atomic E-state index is 6.09. The minimum absolute atomic E-state index is 0.0307. The average molecular weight is 286 g/mol. The molecule has 0 nitrogen and oxygen atoms in total. The van der Waals surface area contributed by atoms with Gasteiger partial charge >= 0.3 is 0 Å². The van der Waals surface area contributed by atoms with Gasteiger partial charge in [-0.1, -0.05) is 54.1 Å². The van der Waals surface area contributed by atoms with Crippen LogP contribution in [-0.2, 0) is 0 Å². The molecule has 0 spiro atoms. The van der Waals surface area contributed by atoms with Crippen molar-refractivity contribution in [2.45, 2.75) is 10.8 Å². The number of hydrogen-bond acceptors (Lipinski definition) is 0. The fourth-order valence-corrected chi connectivity index (χ4v) is 2.52. The van der Waals surface area contributed by atoms with Gasteiger partial charge in [0.1, 0.15) is 4.84 Å². The van der Waals surface area contributed by atoms with Crippen LogP contribution in [0.5, 0.6) is 0 Å². The monoisotopic (exact) mass is 284 g/mol. The van der Waals surface area contributed by atoms with Crippen molar-refractivity contribution in [1.29, 1.82) is 0 Å². The molecule has 0 heterocycles. The van der Waals surface area contributed by atoms with E-state index in [1.54, 1.807) is 0 Å². The van der Waals surface area contributed by atoms with E-state index >= 15 is 0 Å². The topological polar surface area (TPSA) is 0 Å². The molecule has 0 radical (unpaired) electrons. The maximum atomic E-state index is 6.09. The maximum Gasteiger partial charge on any atom is 0.118 e. The molecular weight excluding hydrogens is 275 g/mol. The molecule has 0 unspecified atom stereocenters. The number of benzene rings is 2. The highest BCUT2D eigenvalue weighted by molar-refractivity contribution is 6.45. The summed E-state index contributed by atoms with van der Waals surface area (Å²) in [5.74, 6) is -0.0307. The van der Waals surface area contributed by atoms with Crippen LogP contribution in [0.25, 0.3) is 0 Å². The first-order valence-corrected chi connectivity index (χ1v) is 6.52. The first-order chi connectivity index (χ1) is 8.18. The molecular formula is C14H11Cl3. The van der Waals surface area contributed by atoms with E-state index in [-0.39, 0.29) is 5.92 Å². The van der Waals surface area contributed by atoms with Gasteiger partial charge in [-0.15, -0.1) is 23.2 Å². The second-order valence-corrected chi connectivity index (χ2v) is 5.37. The molecule has 0 fully saturated rings. The van der Waals surface area contributed by atoms with E-state index in [9.17, 15) is 0 Å². The number of halogens is 3. The van der Waals surface area contributed by atoms with Gasteiger partial charge in [0.25, 0.3) is 0 Å². The Hall–Kier alpha value is -0.690. The predicted molar refractivity (Wildman–Crippen MR) is 75.2 cm³/mol. The van der Waals surface area contributed by atoms with Gasteiger partial charge in [0.05, 0.1) is 0 Å². The normalized spacial score (nSPS) is 12.7. The molecule has 0 bridgehead atoms. The summed E-state index contributed by atoms with van der Waals surface area (Å²) in [4.78, 5) is -0.487. The summed E-state index contributed by atoms with van der Waals surface area (Å²) in [7, 11) is 0. The van der Waals surface area contributed by atoms with Crippen LogP contribution < -0.4 is 0 Å². The van der Waals surface area contributed by atoms with Gasteiger partial charge < -0.3 is 0 Å². The van der Waals surface area contributed by atoms with Gasteiger partial charge in [0.15, 0.2) is 0 Å². The molecule has 2 aromatic carbocycles. The van der Waals surface area contributed by atoms with E-state index in [1.165, 1.54) is 0 Å². The summed E-state index contributed by atoms with van der Waals surface area (Å²) in [5.41, 5.74) is 2.17. The predicted octanol–water partition coefficient (Wildman–Crippen LogP) is 5.28. The van der Waals surface area contributed by atoms with E-state index in [0.29, 0.717) is 5.02 Å². The fourth-order valence-electron chi connectivity index (χ4n) is 1.81. The molecule has 0 saturated heterocycles. The smallest absolute Gasteiger partial charge is 0.104 e. The average Bonchev–Trinajstić information content (AvgIpc) is 2.33. The molecule has 0 N–H and O–H groups in total. The third-order valence-electron chi connectivity index (χ3n) is 2.64. The Balaban J connectivity index is 2.39. The molecule has 2 aromatic rings. The van der Waals surface area contributed by atoms with Crippen molar-refractivity contribution in [3.05, 3.63) is 70.7 Å². The summed E-state index contributed by atoms with van der Waals surface area (Å²) >= 11 is 18.0. The highest BCUT2D eigenvalue weighted by Gasteiger charge is 2.20. The van der Waals surface area contributed by atoms with E-state index < -0.39 is 4.84 Å². The van der Waals surface area contributed by atoms with Crippen LogP contribution in [-0.4, -0.2) is 4.84 Å². The first-order valence-electron chi connectivity index (χ1n) is 5.27. The minimum Gasteiger partial charge on any atom is -0.104 e. The van der Waals surface area contributed by atoms with Gasteiger partial charge in [0, 0.05) is 10.9 Å². The Kier molecular flexibility index (Phi) is 4.33. The lowest BCUT2D eigenvalue weighted by Crippen LogP contribution is -2.08. The van der Waals surface area contributed by atoms with Crippen molar-refractivity contribution < 1.29 is 0 Å². The molecule has 0 aromatic heterocycles. The van der Waals surface area contributed by atoms with Crippen LogP contribution in [0.4, 0.5) is 0 Å². The molecule has 17 heavy (non-hydrogen) atoms. The first kappa shape index (κ1) is 12.8.